The Morgan fingerprint density at radius 2 is 1.55 bits per heavy atom. The van der Waals surface area contributed by atoms with Crippen molar-refractivity contribution in [2.24, 2.45) is 0 Å². The molecular formula is C23H27ClN4O3. The number of benzene rings is 2. The molecule has 0 aromatic heterocycles. The van der Waals surface area contributed by atoms with Gasteiger partial charge >= 0.3 is 6.03 Å². The first kappa shape index (κ1) is 21.5. The van der Waals surface area contributed by atoms with E-state index in [1.807, 2.05) is 29.2 Å². The van der Waals surface area contributed by atoms with E-state index in [4.69, 9.17) is 16.3 Å². The zero-order valence-corrected chi connectivity index (χ0v) is 18.1. The van der Waals surface area contributed by atoms with Crippen LogP contribution in [0.15, 0.2) is 48.5 Å². The number of hydrogen-bond donors (Lipinski definition) is 2. The van der Waals surface area contributed by atoms with Gasteiger partial charge in [0.25, 0.3) is 5.91 Å². The smallest absolute Gasteiger partial charge is 0.319 e. The highest BCUT2D eigenvalue weighted by Crippen LogP contribution is 2.20. The highest BCUT2D eigenvalue weighted by atomic mass is 35.5. The van der Waals surface area contributed by atoms with E-state index in [1.54, 1.807) is 24.3 Å². The molecule has 31 heavy (non-hydrogen) atoms. The largest absolute Gasteiger partial charge is 0.378 e. The average molecular weight is 443 g/mol. The molecule has 2 N–H and O–H groups in total. The summed E-state index contributed by atoms with van der Waals surface area (Å²) in [5, 5.41) is 6.42. The van der Waals surface area contributed by atoms with E-state index in [2.05, 4.69) is 15.5 Å². The van der Waals surface area contributed by atoms with Crippen LogP contribution in [0.5, 0.6) is 0 Å². The van der Waals surface area contributed by atoms with Gasteiger partial charge in [0.15, 0.2) is 0 Å². The molecule has 0 radical (unpaired) electrons. The number of nitrogens with zero attached hydrogens (tertiary/aromatic N) is 2. The van der Waals surface area contributed by atoms with Crippen molar-refractivity contribution in [1.29, 1.82) is 0 Å². The fourth-order valence-electron chi connectivity index (χ4n) is 3.93. The molecule has 3 amide bonds. The third kappa shape index (κ3) is 5.68. The first-order chi connectivity index (χ1) is 15.1. The Kier molecular flexibility index (Phi) is 6.94. The summed E-state index contributed by atoms with van der Waals surface area (Å²) >= 11 is 5.86. The van der Waals surface area contributed by atoms with Gasteiger partial charge in [-0.1, -0.05) is 11.6 Å². The molecule has 164 valence electrons. The molecule has 0 aliphatic carbocycles. The van der Waals surface area contributed by atoms with E-state index in [0.29, 0.717) is 29.4 Å². The van der Waals surface area contributed by atoms with Gasteiger partial charge < -0.3 is 25.2 Å². The molecule has 2 aromatic carbocycles. The van der Waals surface area contributed by atoms with Crippen molar-refractivity contribution in [3.63, 3.8) is 0 Å². The second-order valence-corrected chi connectivity index (χ2v) is 8.25. The van der Waals surface area contributed by atoms with Crippen molar-refractivity contribution in [3.8, 4) is 0 Å². The second-order valence-electron chi connectivity index (χ2n) is 7.82. The van der Waals surface area contributed by atoms with Crippen molar-refractivity contribution < 1.29 is 14.3 Å². The molecule has 0 atom stereocenters. The lowest BCUT2D eigenvalue weighted by atomic mass is 10.0. The van der Waals surface area contributed by atoms with Gasteiger partial charge in [-0.2, -0.15) is 0 Å². The maximum Gasteiger partial charge on any atom is 0.319 e. The quantitative estimate of drug-likeness (QED) is 0.758. The van der Waals surface area contributed by atoms with Gasteiger partial charge in [-0.15, -0.1) is 0 Å². The predicted octanol–water partition coefficient (Wildman–Crippen LogP) is 3.60. The Hall–Kier alpha value is -2.77. The van der Waals surface area contributed by atoms with E-state index in [1.165, 1.54) is 0 Å². The number of carbonyl (C=O) groups excluding carboxylic acids is 2. The monoisotopic (exact) mass is 442 g/mol. The molecule has 0 spiro atoms. The van der Waals surface area contributed by atoms with E-state index >= 15 is 0 Å². The Balaban J connectivity index is 1.24. The van der Waals surface area contributed by atoms with Crippen molar-refractivity contribution in [2.45, 2.75) is 18.9 Å². The average Bonchev–Trinajstić information content (AvgIpc) is 2.81. The van der Waals surface area contributed by atoms with E-state index in [9.17, 15) is 9.59 Å². The summed E-state index contributed by atoms with van der Waals surface area (Å²) in [6, 6.07) is 14.6. The Morgan fingerprint density at radius 3 is 2.19 bits per heavy atom. The summed E-state index contributed by atoms with van der Waals surface area (Å²) < 4.78 is 5.39. The van der Waals surface area contributed by atoms with Gasteiger partial charge in [-0.05, 0) is 61.4 Å². The van der Waals surface area contributed by atoms with E-state index < -0.39 is 0 Å². The highest BCUT2D eigenvalue weighted by molar-refractivity contribution is 6.30. The lowest BCUT2D eigenvalue weighted by molar-refractivity contribution is 0.0709. The number of anilines is 2. The van der Waals surface area contributed by atoms with Crippen LogP contribution in [0.2, 0.25) is 5.02 Å². The van der Waals surface area contributed by atoms with Crippen molar-refractivity contribution >= 4 is 34.9 Å². The normalized spacial score (nSPS) is 17.3. The SMILES string of the molecule is O=C(Nc1ccc(Cl)cc1)NC1CCN(C(=O)c2ccc(N3CCOCC3)cc2)CC1. The number of halogens is 1. The number of hydrogen-bond acceptors (Lipinski definition) is 4. The molecule has 0 bridgehead atoms. The number of carbonyl (C=O) groups is 2. The first-order valence-corrected chi connectivity index (χ1v) is 11.0. The molecule has 2 fully saturated rings. The molecular weight excluding hydrogens is 416 g/mol. The zero-order chi connectivity index (χ0) is 21.6. The van der Waals surface area contributed by atoms with Gasteiger partial charge in [-0.3, -0.25) is 4.79 Å². The van der Waals surface area contributed by atoms with Gasteiger partial charge in [0.2, 0.25) is 0 Å². The fourth-order valence-corrected chi connectivity index (χ4v) is 4.06. The number of morpholine rings is 1. The molecule has 2 heterocycles. The lowest BCUT2D eigenvalue weighted by Gasteiger charge is -2.32. The minimum Gasteiger partial charge on any atom is -0.378 e. The number of likely N-dealkylation sites (tertiary alicyclic amines) is 1. The molecule has 2 aliphatic rings. The minimum absolute atomic E-state index is 0.0394. The van der Waals surface area contributed by atoms with Crippen LogP contribution in [0.3, 0.4) is 0 Å². The third-order valence-corrected chi connectivity index (χ3v) is 5.96. The van der Waals surface area contributed by atoms with Crippen molar-refractivity contribution in [1.82, 2.24) is 10.2 Å². The van der Waals surface area contributed by atoms with Crippen LogP contribution in [0, 0.1) is 0 Å². The minimum atomic E-state index is -0.245. The van der Waals surface area contributed by atoms with Gasteiger partial charge in [-0.25, -0.2) is 4.79 Å². The second kappa shape index (κ2) is 10.0. The Labute approximate surface area is 187 Å². The Morgan fingerprint density at radius 1 is 0.903 bits per heavy atom. The maximum atomic E-state index is 12.9. The highest BCUT2D eigenvalue weighted by Gasteiger charge is 2.25. The van der Waals surface area contributed by atoms with Crippen LogP contribution in [0.25, 0.3) is 0 Å². The molecule has 0 unspecified atom stereocenters. The number of amides is 3. The van der Waals surface area contributed by atoms with Gasteiger partial charge in [0, 0.05) is 54.2 Å². The molecule has 2 saturated heterocycles. The van der Waals surface area contributed by atoms with E-state index in [0.717, 1.165) is 44.8 Å². The molecule has 7 nitrogen and oxygen atoms in total. The lowest BCUT2D eigenvalue weighted by Crippen LogP contribution is -2.47. The zero-order valence-electron chi connectivity index (χ0n) is 17.4. The summed E-state index contributed by atoms with van der Waals surface area (Å²) in [5.41, 5.74) is 2.51. The standard InChI is InChI=1S/C23H27ClN4O3/c24-18-3-5-19(6-4-18)25-23(30)26-20-9-11-28(12-10-20)22(29)17-1-7-21(8-2-17)27-13-15-31-16-14-27/h1-8,20H,9-16H2,(H2,25,26,30). The molecule has 2 aromatic rings. The number of urea groups is 1. The van der Waals surface area contributed by atoms with Crippen LogP contribution >= 0.6 is 11.6 Å². The fraction of sp³-hybridized carbons (Fsp3) is 0.391. The predicted molar refractivity (Wildman–Crippen MR) is 122 cm³/mol. The van der Waals surface area contributed by atoms with Crippen molar-refractivity contribution in [2.75, 3.05) is 49.6 Å². The van der Waals surface area contributed by atoms with Crippen LogP contribution in [0.4, 0.5) is 16.2 Å². The number of ether oxygens (including phenoxy) is 1. The molecule has 2 aliphatic heterocycles. The van der Waals surface area contributed by atoms with Crippen molar-refractivity contribution in [3.05, 3.63) is 59.1 Å². The number of nitrogens with one attached hydrogen (secondary N) is 2. The molecule has 8 heteroatoms. The first-order valence-electron chi connectivity index (χ1n) is 10.6. The number of piperidine rings is 1. The van der Waals surface area contributed by atoms with Crippen LogP contribution in [-0.4, -0.2) is 62.3 Å². The number of rotatable bonds is 4. The summed E-state index contributed by atoms with van der Waals surface area (Å²) in [6.45, 7) is 4.47. The van der Waals surface area contributed by atoms with Crippen LogP contribution in [0.1, 0.15) is 23.2 Å². The van der Waals surface area contributed by atoms with Crippen LogP contribution in [-0.2, 0) is 4.74 Å². The summed E-state index contributed by atoms with van der Waals surface area (Å²) in [6.07, 6.45) is 1.46. The van der Waals surface area contributed by atoms with E-state index in [-0.39, 0.29) is 18.0 Å². The van der Waals surface area contributed by atoms with Gasteiger partial charge in [0.05, 0.1) is 13.2 Å². The Bertz CT molecular complexity index is 890. The summed E-state index contributed by atoms with van der Waals surface area (Å²) in [5.74, 6) is 0.0394. The summed E-state index contributed by atoms with van der Waals surface area (Å²) in [7, 11) is 0. The molecule has 0 saturated carbocycles. The topological polar surface area (TPSA) is 73.9 Å². The maximum absolute atomic E-state index is 12.9. The van der Waals surface area contributed by atoms with Crippen LogP contribution < -0.4 is 15.5 Å². The third-order valence-electron chi connectivity index (χ3n) is 5.71. The summed E-state index contributed by atoms with van der Waals surface area (Å²) in [4.78, 5) is 29.2. The molecule has 4 rings (SSSR count). The van der Waals surface area contributed by atoms with Gasteiger partial charge in [0.1, 0.15) is 0 Å².